The first kappa shape index (κ1) is 32.3. The van der Waals surface area contributed by atoms with Crippen molar-refractivity contribution in [3.8, 4) is 17.2 Å². The zero-order valence-electron chi connectivity index (χ0n) is 25.4. The van der Waals surface area contributed by atoms with Crippen LogP contribution in [0.25, 0.3) is 6.08 Å². The number of amidine groups is 1. The molecular weight excluding hydrogens is 651 g/mol. The molecule has 0 atom stereocenters. The van der Waals surface area contributed by atoms with Gasteiger partial charge in [-0.05, 0) is 114 Å². The number of ether oxygens (including phenoxy) is 3. The van der Waals surface area contributed by atoms with E-state index in [0.717, 1.165) is 16.7 Å². The number of carbonyl (C=O) groups is 1. The molecule has 0 spiro atoms. The monoisotopic (exact) mass is 680 g/mol. The third kappa shape index (κ3) is 8.37. The molecule has 0 unspecified atom stereocenters. The van der Waals surface area contributed by atoms with Crippen LogP contribution in [0.5, 0.6) is 17.2 Å². The van der Waals surface area contributed by atoms with E-state index in [9.17, 15) is 4.79 Å². The van der Waals surface area contributed by atoms with Crippen LogP contribution in [0, 0.1) is 0 Å². The third-order valence-electron chi connectivity index (χ3n) is 7.07. The molecular formula is C38H30Cl2N2O4S. The van der Waals surface area contributed by atoms with E-state index in [1.165, 1.54) is 11.8 Å². The summed E-state index contributed by atoms with van der Waals surface area (Å²) < 4.78 is 18.0. The van der Waals surface area contributed by atoms with Gasteiger partial charge in [-0.25, -0.2) is 4.99 Å². The standard InChI is InChI=1S/C38H30Cl2N2O4S/c1-2-44-35-22-28(10-21-34(35)46-24-27-6-4-3-5-7-27)25-45-33-19-8-26(9-20-33)23-36-37(43)42(32-17-13-30(40)14-18-32)38(47-36)41-31-15-11-29(39)12-16-31/h3-23H,2,24-25H2,1H3/b36-23+,41-38?. The summed E-state index contributed by atoms with van der Waals surface area (Å²) in [5, 5.41) is 1.74. The normalized spacial score (nSPS) is 14.5. The Morgan fingerprint density at radius 2 is 1.40 bits per heavy atom. The number of benzene rings is 5. The lowest BCUT2D eigenvalue weighted by atomic mass is 10.2. The summed E-state index contributed by atoms with van der Waals surface area (Å²) >= 11 is 13.5. The summed E-state index contributed by atoms with van der Waals surface area (Å²) in [4.78, 5) is 20.5. The maximum Gasteiger partial charge on any atom is 0.271 e. The van der Waals surface area contributed by atoms with Gasteiger partial charge in [0.2, 0.25) is 0 Å². The van der Waals surface area contributed by atoms with Crippen LogP contribution in [-0.2, 0) is 18.0 Å². The molecule has 0 N–H and O–H groups in total. The molecule has 0 aromatic heterocycles. The van der Waals surface area contributed by atoms with E-state index in [-0.39, 0.29) is 5.91 Å². The first-order chi connectivity index (χ1) is 22.9. The number of nitrogens with zero attached hydrogens (tertiary/aromatic N) is 2. The number of hydrogen-bond donors (Lipinski definition) is 0. The molecule has 6 nitrogen and oxygen atoms in total. The van der Waals surface area contributed by atoms with Gasteiger partial charge < -0.3 is 14.2 Å². The molecule has 1 heterocycles. The molecule has 1 aliphatic heterocycles. The molecule has 5 aromatic carbocycles. The van der Waals surface area contributed by atoms with E-state index in [4.69, 9.17) is 42.4 Å². The van der Waals surface area contributed by atoms with Crippen LogP contribution >= 0.6 is 35.0 Å². The van der Waals surface area contributed by atoms with E-state index >= 15 is 0 Å². The van der Waals surface area contributed by atoms with Gasteiger partial charge in [0.05, 0.1) is 22.9 Å². The van der Waals surface area contributed by atoms with Gasteiger partial charge in [-0.2, -0.15) is 0 Å². The highest BCUT2D eigenvalue weighted by Gasteiger charge is 2.34. The fourth-order valence-corrected chi connectivity index (χ4v) is 5.99. The summed E-state index contributed by atoms with van der Waals surface area (Å²) in [5.41, 5.74) is 4.26. The Morgan fingerprint density at radius 3 is 2.11 bits per heavy atom. The largest absolute Gasteiger partial charge is 0.490 e. The first-order valence-corrected chi connectivity index (χ1v) is 16.5. The molecule has 1 amide bonds. The van der Waals surface area contributed by atoms with Crippen molar-refractivity contribution in [1.82, 2.24) is 0 Å². The number of rotatable bonds is 11. The van der Waals surface area contributed by atoms with E-state index in [1.54, 1.807) is 41.3 Å². The van der Waals surface area contributed by atoms with Crippen LogP contribution in [0.3, 0.4) is 0 Å². The second-order valence-corrected chi connectivity index (χ2v) is 12.3. The van der Waals surface area contributed by atoms with Crippen molar-refractivity contribution < 1.29 is 19.0 Å². The Bertz CT molecular complexity index is 1900. The predicted molar refractivity (Wildman–Crippen MR) is 192 cm³/mol. The predicted octanol–water partition coefficient (Wildman–Crippen LogP) is 10.4. The summed E-state index contributed by atoms with van der Waals surface area (Å²) in [6.45, 7) is 3.28. The van der Waals surface area contributed by atoms with Crippen molar-refractivity contribution in [3.05, 3.63) is 153 Å². The van der Waals surface area contributed by atoms with Gasteiger partial charge in [0, 0.05) is 10.0 Å². The van der Waals surface area contributed by atoms with Gasteiger partial charge in [0.1, 0.15) is 19.0 Å². The van der Waals surface area contributed by atoms with Crippen LogP contribution < -0.4 is 19.1 Å². The van der Waals surface area contributed by atoms with Gasteiger partial charge in [-0.15, -0.1) is 0 Å². The van der Waals surface area contributed by atoms with Crippen LogP contribution in [0.4, 0.5) is 11.4 Å². The molecule has 0 bridgehead atoms. The molecule has 0 aliphatic carbocycles. The van der Waals surface area contributed by atoms with Gasteiger partial charge >= 0.3 is 0 Å². The van der Waals surface area contributed by atoms with Crippen LogP contribution in [0.2, 0.25) is 10.0 Å². The minimum absolute atomic E-state index is 0.174. The number of aliphatic imine (C=N–C) groups is 1. The molecule has 0 radical (unpaired) electrons. The Kier molecular flexibility index (Phi) is 10.5. The average Bonchev–Trinajstić information content (AvgIpc) is 3.39. The summed E-state index contributed by atoms with van der Waals surface area (Å²) in [6.07, 6.45) is 1.85. The number of hydrogen-bond acceptors (Lipinski definition) is 6. The van der Waals surface area contributed by atoms with E-state index < -0.39 is 0 Å². The Balaban J connectivity index is 1.14. The lowest BCUT2D eigenvalue weighted by Gasteiger charge is -2.15. The lowest BCUT2D eigenvalue weighted by Crippen LogP contribution is -2.28. The third-order valence-corrected chi connectivity index (χ3v) is 8.54. The summed E-state index contributed by atoms with van der Waals surface area (Å²) in [5.74, 6) is 1.89. The number of amides is 1. The van der Waals surface area contributed by atoms with Crippen LogP contribution in [0.1, 0.15) is 23.6 Å². The van der Waals surface area contributed by atoms with Gasteiger partial charge in [-0.3, -0.25) is 9.69 Å². The first-order valence-electron chi connectivity index (χ1n) is 14.9. The van der Waals surface area contributed by atoms with Crippen molar-refractivity contribution >= 4 is 63.5 Å². The van der Waals surface area contributed by atoms with E-state index in [1.807, 2.05) is 97.9 Å². The van der Waals surface area contributed by atoms with E-state index in [2.05, 4.69) is 0 Å². The number of halogens is 2. The highest BCUT2D eigenvalue weighted by atomic mass is 35.5. The highest BCUT2D eigenvalue weighted by Crippen LogP contribution is 2.38. The van der Waals surface area contributed by atoms with Gasteiger partial charge in [0.25, 0.3) is 5.91 Å². The molecule has 236 valence electrons. The van der Waals surface area contributed by atoms with E-state index in [0.29, 0.717) is 68.6 Å². The smallest absolute Gasteiger partial charge is 0.271 e. The number of carbonyl (C=O) groups excluding carboxylic acids is 1. The Labute approximate surface area is 288 Å². The van der Waals surface area contributed by atoms with Crippen molar-refractivity contribution in [2.75, 3.05) is 11.5 Å². The molecule has 1 fully saturated rings. The maximum absolute atomic E-state index is 13.6. The Hall–Kier alpha value is -4.69. The minimum atomic E-state index is -0.174. The molecule has 9 heteroatoms. The quantitative estimate of drug-likeness (QED) is 0.130. The van der Waals surface area contributed by atoms with Crippen molar-refractivity contribution in [3.63, 3.8) is 0 Å². The fraction of sp³-hybridized carbons (Fsp3) is 0.105. The van der Waals surface area contributed by atoms with Gasteiger partial charge in [-0.1, -0.05) is 71.7 Å². The van der Waals surface area contributed by atoms with Crippen molar-refractivity contribution in [1.29, 1.82) is 0 Å². The fourth-order valence-electron chi connectivity index (χ4n) is 4.74. The van der Waals surface area contributed by atoms with Crippen molar-refractivity contribution in [2.24, 2.45) is 4.99 Å². The molecule has 1 aliphatic rings. The zero-order valence-corrected chi connectivity index (χ0v) is 27.8. The molecule has 1 saturated heterocycles. The van der Waals surface area contributed by atoms with Crippen LogP contribution in [-0.4, -0.2) is 17.7 Å². The summed E-state index contributed by atoms with van der Waals surface area (Å²) in [6, 6.07) is 37.7. The van der Waals surface area contributed by atoms with Crippen molar-refractivity contribution in [2.45, 2.75) is 20.1 Å². The average molecular weight is 682 g/mol. The number of thioether (sulfide) groups is 1. The zero-order chi connectivity index (χ0) is 32.6. The summed E-state index contributed by atoms with van der Waals surface area (Å²) in [7, 11) is 0. The SMILES string of the molecule is CCOc1cc(COc2ccc(/C=C3/SC(=Nc4ccc(Cl)cc4)N(c4ccc(Cl)cc4)C3=O)cc2)ccc1OCc1ccccc1. The second-order valence-electron chi connectivity index (χ2n) is 10.4. The topological polar surface area (TPSA) is 60.4 Å². The van der Waals surface area contributed by atoms with Crippen LogP contribution in [0.15, 0.2) is 131 Å². The highest BCUT2D eigenvalue weighted by molar-refractivity contribution is 8.19. The Morgan fingerprint density at radius 1 is 0.723 bits per heavy atom. The molecule has 5 aromatic rings. The molecule has 6 rings (SSSR count). The minimum Gasteiger partial charge on any atom is -0.490 e. The second kappa shape index (κ2) is 15.3. The molecule has 47 heavy (non-hydrogen) atoms. The lowest BCUT2D eigenvalue weighted by molar-refractivity contribution is -0.113. The maximum atomic E-state index is 13.6. The molecule has 0 saturated carbocycles. The number of anilines is 1. The van der Waals surface area contributed by atoms with Gasteiger partial charge in [0.15, 0.2) is 16.7 Å².